The van der Waals surface area contributed by atoms with Crippen molar-refractivity contribution >= 4 is 5.91 Å². The molecule has 5 heteroatoms. The summed E-state index contributed by atoms with van der Waals surface area (Å²) in [5.74, 6) is 0.555. The summed E-state index contributed by atoms with van der Waals surface area (Å²) < 4.78 is 14.0. The molecule has 1 aliphatic carbocycles. The van der Waals surface area contributed by atoms with Crippen molar-refractivity contribution in [3.63, 3.8) is 0 Å². The molecule has 154 valence electrons. The Kier molecular flexibility index (Phi) is 7.63. The predicted molar refractivity (Wildman–Crippen MR) is 111 cm³/mol. The van der Waals surface area contributed by atoms with Gasteiger partial charge < -0.3 is 9.80 Å². The second-order valence-corrected chi connectivity index (χ2v) is 8.51. The summed E-state index contributed by atoms with van der Waals surface area (Å²) in [6.07, 6.45) is 7.42. The summed E-state index contributed by atoms with van der Waals surface area (Å²) in [6, 6.07) is 7.05. The van der Waals surface area contributed by atoms with Crippen LogP contribution in [0.4, 0.5) is 4.39 Å². The maximum absolute atomic E-state index is 14.0. The Morgan fingerprint density at radius 3 is 2.75 bits per heavy atom. The van der Waals surface area contributed by atoms with Gasteiger partial charge in [-0.3, -0.25) is 9.69 Å². The molecule has 1 unspecified atom stereocenters. The van der Waals surface area contributed by atoms with E-state index < -0.39 is 0 Å². The van der Waals surface area contributed by atoms with Crippen LogP contribution in [0.15, 0.2) is 35.9 Å². The second-order valence-electron chi connectivity index (χ2n) is 8.51. The summed E-state index contributed by atoms with van der Waals surface area (Å²) in [5, 5.41) is 0. The Balaban J connectivity index is 1.60. The van der Waals surface area contributed by atoms with Crippen LogP contribution in [0.1, 0.15) is 37.7 Å². The average molecular weight is 388 g/mol. The number of hydrogen-bond donors (Lipinski definition) is 0. The largest absolute Gasteiger partial charge is 0.337 e. The molecule has 3 rings (SSSR count). The molecular weight excluding hydrogens is 353 g/mol. The smallest absolute Gasteiger partial charge is 0.249 e. The van der Waals surface area contributed by atoms with Gasteiger partial charge in [0, 0.05) is 43.9 Å². The van der Waals surface area contributed by atoms with Crippen LogP contribution in [0.2, 0.25) is 0 Å². The fraction of sp³-hybridized carbons (Fsp3) is 0.609. The fourth-order valence-corrected chi connectivity index (χ4v) is 4.29. The molecule has 1 amide bonds. The topological polar surface area (TPSA) is 26.8 Å². The van der Waals surface area contributed by atoms with Crippen molar-refractivity contribution in [3.05, 3.63) is 47.3 Å². The van der Waals surface area contributed by atoms with Gasteiger partial charge in [0.15, 0.2) is 0 Å². The monoisotopic (exact) mass is 387 g/mol. The molecule has 0 N–H and O–H groups in total. The number of piperidine rings is 1. The molecule has 1 aromatic carbocycles. The number of halogens is 1. The summed E-state index contributed by atoms with van der Waals surface area (Å²) in [7, 11) is 4.10. The normalized spacial score (nSPS) is 20.4. The number of likely N-dealkylation sites (N-methyl/N-ethyl adjacent to an activating group) is 1. The Bertz CT molecular complexity index is 688. The van der Waals surface area contributed by atoms with E-state index in [1.54, 1.807) is 6.07 Å². The molecule has 1 aromatic rings. The van der Waals surface area contributed by atoms with Crippen LogP contribution < -0.4 is 0 Å². The summed E-state index contributed by atoms with van der Waals surface area (Å²) in [4.78, 5) is 19.6. The van der Waals surface area contributed by atoms with Gasteiger partial charge in [-0.25, -0.2) is 4.39 Å². The number of carbonyl (C=O) groups is 1. The molecule has 1 aliphatic heterocycles. The minimum Gasteiger partial charge on any atom is -0.337 e. The van der Waals surface area contributed by atoms with Gasteiger partial charge in [0.1, 0.15) is 5.82 Å². The van der Waals surface area contributed by atoms with E-state index in [4.69, 9.17) is 0 Å². The lowest BCUT2D eigenvalue weighted by atomic mass is 9.96. The van der Waals surface area contributed by atoms with Crippen LogP contribution in [0.3, 0.4) is 0 Å². The first-order valence-electron chi connectivity index (χ1n) is 10.6. The van der Waals surface area contributed by atoms with Crippen molar-refractivity contribution in [1.82, 2.24) is 14.7 Å². The van der Waals surface area contributed by atoms with Crippen LogP contribution in [-0.2, 0) is 11.3 Å². The van der Waals surface area contributed by atoms with E-state index in [1.165, 1.54) is 6.07 Å². The zero-order valence-electron chi connectivity index (χ0n) is 17.4. The van der Waals surface area contributed by atoms with Gasteiger partial charge in [-0.05, 0) is 64.7 Å². The number of allylic oxidation sites excluding steroid dienone is 1. The number of amides is 1. The van der Waals surface area contributed by atoms with Gasteiger partial charge in [-0.1, -0.05) is 24.3 Å². The zero-order valence-corrected chi connectivity index (χ0v) is 17.4. The molecule has 0 bridgehead atoms. The van der Waals surface area contributed by atoms with E-state index in [0.29, 0.717) is 12.5 Å². The van der Waals surface area contributed by atoms with E-state index >= 15 is 0 Å². The van der Waals surface area contributed by atoms with Crippen molar-refractivity contribution in [1.29, 1.82) is 0 Å². The average Bonchev–Trinajstić information content (AvgIpc) is 3.21. The highest BCUT2D eigenvalue weighted by Crippen LogP contribution is 2.24. The number of rotatable bonds is 8. The van der Waals surface area contributed by atoms with Crippen molar-refractivity contribution < 1.29 is 9.18 Å². The Morgan fingerprint density at radius 1 is 1.21 bits per heavy atom. The highest BCUT2D eigenvalue weighted by atomic mass is 19.1. The summed E-state index contributed by atoms with van der Waals surface area (Å²) in [5.41, 5.74) is 1.76. The standard InChI is InChI=1S/C23H34FN3O/c1-25(2)14-15-27(23(28)20-9-3-4-10-20)17-19-8-7-13-26(16-19)18-21-11-5-6-12-22(21)24/h5-6,9,11-12,19H,3-4,7-8,10,13-18H2,1-2H3. The third-order valence-electron chi connectivity index (χ3n) is 5.85. The first-order chi connectivity index (χ1) is 13.5. The van der Waals surface area contributed by atoms with Crippen LogP contribution in [0, 0.1) is 11.7 Å². The van der Waals surface area contributed by atoms with E-state index in [0.717, 1.165) is 76.0 Å². The minimum atomic E-state index is -0.124. The predicted octanol–water partition coefficient (Wildman–Crippen LogP) is 3.54. The SMILES string of the molecule is CN(C)CCN(CC1CCCN(Cc2ccccc2F)C1)C(=O)C1=CCCC1. The Hall–Kier alpha value is -1.72. The van der Waals surface area contributed by atoms with Gasteiger partial charge in [-0.15, -0.1) is 0 Å². The van der Waals surface area contributed by atoms with Crippen molar-refractivity contribution in [2.75, 3.05) is 46.8 Å². The minimum absolute atomic E-state index is 0.124. The number of hydrogen-bond acceptors (Lipinski definition) is 3. The molecule has 28 heavy (non-hydrogen) atoms. The van der Waals surface area contributed by atoms with Gasteiger partial charge >= 0.3 is 0 Å². The molecule has 0 saturated carbocycles. The van der Waals surface area contributed by atoms with Crippen molar-refractivity contribution in [2.45, 2.75) is 38.6 Å². The van der Waals surface area contributed by atoms with E-state index in [1.807, 2.05) is 26.2 Å². The van der Waals surface area contributed by atoms with Crippen molar-refractivity contribution in [2.24, 2.45) is 5.92 Å². The number of likely N-dealkylation sites (tertiary alicyclic amines) is 1. The quantitative estimate of drug-likeness (QED) is 0.683. The fourth-order valence-electron chi connectivity index (χ4n) is 4.29. The van der Waals surface area contributed by atoms with Crippen LogP contribution in [0.25, 0.3) is 0 Å². The molecule has 1 fully saturated rings. The van der Waals surface area contributed by atoms with Gasteiger partial charge in [0.25, 0.3) is 0 Å². The highest BCUT2D eigenvalue weighted by Gasteiger charge is 2.26. The molecule has 1 heterocycles. The zero-order chi connectivity index (χ0) is 19.9. The highest BCUT2D eigenvalue weighted by molar-refractivity contribution is 5.93. The summed E-state index contributed by atoms with van der Waals surface area (Å²) >= 11 is 0. The number of benzene rings is 1. The Morgan fingerprint density at radius 2 is 2.04 bits per heavy atom. The van der Waals surface area contributed by atoms with E-state index in [2.05, 4.69) is 20.8 Å². The first-order valence-corrected chi connectivity index (χ1v) is 10.6. The van der Waals surface area contributed by atoms with E-state index in [-0.39, 0.29) is 11.7 Å². The van der Waals surface area contributed by atoms with Gasteiger partial charge in [0.2, 0.25) is 5.91 Å². The third kappa shape index (κ3) is 5.89. The van der Waals surface area contributed by atoms with E-state index in [9.17, 15) is 9.18 Å². The molecule has 4 nitrogen and oxygen atoms in total. The number of carbonyl (C=O) groups excluding carboxylic acids is 1. The maximum atomic E-state index is 14.0. The molecule has 0 radical (unpaired) electrons. The molecule has 0 spiro atoms. The lowest BCUT2D eigenvalue weighted by Gasteiger charge is -2.36. The lowest BCUT2D eigenvalue weighted by Crippen LogP contribution is -2.45. The second kappa shape index (κ2) is 10.2. The molecule has 1 saturated heterocycles. The van der Waals surface area contributed by atoms with Crippen LogP contribution >= 0.6 is 0 Å². The van der Waals surface area contributed by atoms with Crippen molar-refractivity contribution in [3.8, 4) is 0 Å². The molecule has 1 atom stereocenters. The third-order valence-corrected chi connectivity index (χ3v) is 5.85. The van der Waals surface area contributed by atoms with Gasteiger partial charge in [-0.2, -0.15) is 0 Å². The van der Waals surface area contributed by atoms with Crippen LogP contribution in [0.5, 0.6) is 0 Å². The summed E-state index contributed by atoms with van der Waals surface area (Å²) in [6.45, 7) is 5.04. The first kappa shape index (κ1) is 21.0. The lowest BCUT2D eigenvalue weighted by molar-refractivity contribution is -0.128. The molecular formula is C23H34FN3O. The van der Waals surface area contributed by atoms with Gasteiger partial charge in [0.05, 0.1) is 0 Å². The Labute approximate surface area is 169 Å². The number of nitrogens with zero attached hydrogens (tertiary/aromatic N) is 3. The van der Waals surface area contributed by atoms with Crippen LogP contribution in [-0.4, -0.2) is 67.4 Å². The molecule has 0 aromatic heterocycles. The molecule has 2 aliphatic rings. The maximum Gasteiger partial charge on any atom is 0.249 e.